The Morgan fingerprint density at radius 1 is 0.684 bits per heavy atom. The van der Waals surface area contributed by atoms with Crippen molar-refractivity contribution in [1.82, 2.24) is 0 Å². The molecule has 0 spiro atoms. The van der Waals surface area contributed by atoms with Crippen molar-refractivity contribution in [2.75, 3.05) is 0 Å². The molecule has 2 aliphatic rings. The zero-order chi connectivity index (χ0) is 26.8. The van der Waals surface area contributed by atoms with Crippen molar-refractivity contribution in [3.63, 3.8) is 0 Å². The van der Waals surface area contributed by atoms with Crippen LogP contribution in [-0.2, 0) is 15.4 Å². The first-order valence-electron chi connectivity index (χ1n) is 14.4. The smallest absolute Gasteiger partial charge is 0.736 e. The molecule has 0 amide bonds. The summed E-state index contributed by atoms with van der Waals surface area (Å²) in [4.78, 5) is 13.5. The van der Waals surface area contributed by atoms with Gasteiger partial charge in [0.05, 0.1) is 0 Å². The molecule has 0 atom stereocenters. The van der Waals surface area contributed by atoms with Gasteiger partial charge in [-0.15, -0.1) is 0 Å². The quantitative estimate of drug-likeness (QED) is 0.287. The topological polar surface area (TPSA) is 58.6 Å². The first-order valence-corrected chi connectivity index (χ1v) is 15.9. The van der Waals surface area contributed by atoms with Crippen molar-refractivity contribution in [3.05, 3.63) is 58.7 Å². The minimum atomic E-state index is -4.68. The molecule has 6 heteroatoms. The van der Waals surface area contributed by atoms with Gasteiger partial charge in [0.15, 0.2) is 0 Å². The minimum absolute atomic E-state index is 0. The Kier molecular flexibility index (Phi) is 10.7. The molecule has 0 unspecified atom stereocenters. The zero-order valence-electron chi connectivity index (χ0n) is 24.8. The average Bonchev–Trinajstić information content (AvgIpc) is 2.84. The van der Waals surface area contributed by atoms with E-state index in [1.54, 1.807) is 0 Å². The maximum atomic E-state index is 13.5. The molecule has 0 radical (unpaired) electrons. The second-order valence-corrected chi connectivity index (χ2v) is 14.0. The summed E-state index contributed by atoms with van der Waals surface area (Å²) in [5, 5.41) is 0. The molecule has 204 valence electrons. The van der Waals surface area contributed by atoms with Gasteiger partial charge in [0.2, 0.25) is 0 Å². The molecular weight excluding hydrogens is 502 g/mol. The molecule has 0 heterocycles. The summed E-state index contributed by atoms with van der Waals surface area (Å²) < 4.78 is 25.1. The van der Waals surface area contributed by atoms with Crippen LogP contribution in [0.4, 0.5) is 0 Å². The van der Waals surface area contributed by atoms with Gasteiger partial charge in [-0.05, 0) is 71.6 Å². The van der Waals surface area contributed by atoms with Crippen molar-refractivity contribution in [2.24, 2.45) is 0 Å². The van der Waals surface area contributed by atoms with Gasteiger partial charge in [0, 0.05) is 11.1 Å². The average molecular weight is 549 g/mol. The van der Waals surface area contributed by atoms with Crippen LogP contribution in [0.5, 0.6) is 11.5 Å². The van der Waals surface area contributed by atoms with E-state index in [1.807, 2.05) is 24.3 Å². The molecule has 2 aromatic rings. The SMILES string of the molecule is CC(C)c1ccc(OP(=O)([O-])Oc2ccc(C(C)C)cc2C2(C)CCCCC2)c(C2(C)CCCCC2)c1.[Na+]. The molecule has 0 aliphatic heterocycles. The zero-order valence-corrected chi connectivity index (χ0v) is 27.7. The molecule has 4 nitrogen and oxygen atoms in total. The van der Waals surface area contributed by atoms with Gasteiger partial charge in [-0.1, -0.05) is 104 Å². The van der Waals surface area contributed by atoms with Gasteiger partial charge in [-0.3, -0.25) is 0 Å². The van der Waals surface area contributed by atoms with Gasteiger partial charge in [0.1, 0.15) is 11.5 Å². The van der Waals surface area contributed by atoms with Gasteiger partial charge in [0.25, 0.3) is 0 Å². The summed E-state index contributed by atoms with van der Waals surface area (Å²) >= 11 is 0. The summed E-state index contributed by atoms with van der Waals surface area (Å²) in [6, 6.07) is 12.0. The molecule has 0 N–H and O–H groups in total. The Labute approximate surface area is 253 Å². The summed E-state index contributed by atoms with van der Waals surface area (Å²) in [6.07, 6.45) is 11.2. The molecule has 2 saturated carbocycles. The number of phosphoric ester groups is 1. The van der Waals surface area contributed by atoms with E-state index in [0.29, 0.717) is 23.3 Å². The van der Waals surface area contributed by atoms with Crippen molar-refractivity contribution < 1.29 is 48.1 Å². The molecule has 0 bridgehead atoms. The third kappa shape index (κ3) is 7.29. The first kappa shape index (κ1) is 31.8. The van der Waals surface area contributed by atoms with Gasteiger partial charge < -0.3 is 13.9 Å². The van der Waals surface area contributed by atoms with Gasteiger partial charge in [-0.25, -0.2) is 4.57 Å². The molecule has 2 fully saturated rings. The number of phosphoric acid groups is 1. The molecule has 0 saturated heterocycles. The van der Waals surface area contributed by atoms with Crippen LogP contribution in [0.3, 0.4) is 0 Å². The molecule has 0 aromatic heterocycles. The van der Waals surface area contributed by atoms with Crippen LogP contribution >= 0.6 is 7.82 Å². The van der Waals surface area contributed by atoms with Crippen molar-refractivity contribution in [3.8, 4) is 11.5 Å². The molecule has 38 heavy (non-hydrogen) atoms. The fraction of sp³-hybridized carbons (Fsp3) is 0.625. The van der Waals surface area contributed by atoms with E-state index in [9.17, 15) is 9.46 Å². The van der Waals surface area contributed by atoms with Crippen molar-refractivity contribution >= 4 is 7.82 Å². The molecular formula is C32H46NaO4P. The third-order valence-corrected chi connectivity index (χ3v) is 9.82. The van der Waals surface area contributed by atoms with E-state index in [-0.39, 0.29) is 40.4 Å². The van der Waals surface area contributed by atoms with Crippen LogP contribution in [-0.4, -0.2) is 0 Å². The molecule has 2 aromatic carbocycles. The Bertz CT molecular complexity index is 1040. The predicted octanol–water partition coefficient (Wildman–Crippen LogP) is 6.31. The number of hydrogen-bond donors (Lipinski definition) is 0. The first-order chi connectivity index (χ1) is 17.4. The summed E-state index contributed by atoms with van der Waals surface area (Å²) in [5.74, 6) is 1.54. The van der Waals surface area contributed by atoms with Crippen LogP contribution < -0.4 is 43.5 Å². The summed E-state index contributed by atoms with van der Waals surface area (Å²) in [6.45, 7) is 13.2. The van der Waals surface area contributed by atoms with E-state index >= 15 is 0 Å². The predicted molar refractivity (Wildman–Crippen MR) is 151 cm³/mol. The molecule has 4 rings (SSSR count). The maximum absolute atomic E-state index is 13.5. The largest absolute Gasteiger partial charge is 1.00 e. The molecule has 2 aliphatic carbocycles. The number of hydrogen-bond acceptors (Lipinski definition) is 4. The Morgan fingerprint density at radius 3 is 1.34 bits per heavy atom. The summed E-state index contributed by atoms with van der Waals surface area (Å²) in [5.41, 5.74) is 4.19. The number of benzene rings is 2. The monoisotopic (exact) mass is 548 g/mol. The maximum Gasteiger partial charge on any atom is 1.00 e. The minimum Gasteiger partial charge on any atom is -0.736 e. The van der Waals surface area contributed by atoms with E-state index in [2.05, 4.69) is 53.7 Å². The fourth-order valence-corrected chi connectivity index (χ4v) is 7.22. The van der Waals surface area contributed by atoms with Crippen molar-refractivity contribution in [2.45, 2.75) is 128 Å². The Balaban J connectivity index is 0.00000400. The van der Waals surface area contributed by atoms with Crippen LogP contribution in [0.15, 0.2) is 36.4 Å². The third-order valence-electron chi connectivity index (χ3n) is 8.98. The Morgan fingerprint density at radius 2 is 1.03 bits per heavy atom. The van der Waals surface area contributed by atoms with E-state index in [1.165, 1.54) is 24.0 Å². The van der Waals surface area contributed by atoms with E-state index in [0.717, 1.165) is 62.5 Å². The van der Waals surface area contributed by atoms with Crippen LogP contribution in [0.2, 0.25) is 0 Å². The standard InChI is InChI=1S/C32H47O4P.Na/c1-23(2)25-13-15-29(27(21-25)31(5)17-9-7-10-18-31)35-37(33,34)36-30-16-14-26(24(3)4)22-28(30)32(6)19-11-8-12-20-32;/h13-16,21-24H,7-12,17-20H2,1-6H3,(H,33,34);/q;+1/p-1. The van der Waals surface area contributed by atoms with Gasteiger partial charge >= 0.3 is 37.4 Å². The van der Waals surface area contributed by atoms with E-state index < -0.39 is 7.82 Å². The normalized spacial score (nSPS) is 19.2. The van der Waals surface area contributed by atoms with Crippen LogP contribution in [0.1, 0.15) is 140 Å². The van der Waals surface area contributed by atoms with Crippen LogP contribution in [0.25, 0.3) is 0 Å². The fourth-order valence-electron chi connectivity index (χ4n) is 6.38. The van der Waals surface area contributed by atoms with E-state index in [4.69, 9.17) is 9.05 Å². The van der Waals surface area contributed by atoms with Gasteiger partial charge in [-0.2, -0.15) is 0 Å². The van der Waals surface area contributed by atoms with Crippen LogP contribution in [0, 0.1) is 0 Å². The second-order valence-electron chi connectivity index (χ2n) is 12.7. The Hall–Kier alpha value is -0.770. The summed E-state index contributed by atoms with van der Waals surface area (Å²) in [7, 11) is -4.68. The number of rotatable bonds is 8. The second kappa shape index (κ2) is 12.8. The van der Waals surface area contributed by atoms with Crippen molar-refractivity contribution in [1.29, 1.82) is 0 Å².